The number of nitriles is 1. The predicted octanol–water partition coefficient (Wildman–Crippen LogP) is 3.46. The van der Waals surface area contributed by atoms with Crippen molar-refractivity contribution in [3.8, 4) is 11.8 Å². The minimum absolute atomic E-state index is 0.199. The molecule has 0 saturated carbocycles. The molecule has 0 radical (unpaired) electrons. The zero-order chi connectivity index (χ0) is 14.5. The summed E-state index contributed by atoms with van der Waals surface area (Å²) in [6, 6.07) is 10.5. The van der Waals surface area contributed by atoms with E-state index in [-0.39, 0.29) is 11.5 Å². The van der Waals surface area contributed by atoms with E-state index in [1.807, 2.05) is 46.9 Å². The first kappa shape index (κ1) is 15.5. The standard InChI is InChI=1S/C16H24N2O/c1-13(2)19-15-8-6-14(7-9-15)10-18(5)12-16(3,4)11-17/h6-9,13H,10,12H2,1-5H3. The van der Waals surface area contributed by atoms with E-state index in [0.717, 1.165) is 18.8 Å². The van der Waals surface area contributed by atoms with E-state index < -0.39 is 0 Å². The molecule has 0 bridgehead atoms. The molecule has 1 aromatic rings. The van der Waals surface area contributed by atoms with Gasteiger partial charge in [0.1, 0.15) is 5.75 Å². The zero-order valence-corrected chi connectivity index (χ0v) is 12.6. The average Bonchev–Trinajstić information content (AvgIpc) is 2.30. The highest BCUT2D eigenvalue weighted by Gasteiger charge is 2.19. The Morgan fingerprint density at radius 1 is 1.26 bits per heavy atom. The molecule has 0 heterocycles. The molecule has 0 aromatic heterocycles. The van der Waals surface area contributed by atoms with Crippen molar-refractivity contribution in [1.29, 1.82) is 5.26 Å². The molecule has 3 nitrogen and oxygen atoms in total. The highest BCUT2D eigenvalue weighted by atomic mass is 16.5. The van der Waals surface area contributed by atoms with Crippen molar-refractivity contribution < 1.29 is 4.74 Å². The Balaban J connectivity index is 2.56. The first-order valence-corrected chi connectivity index (χ1v) is 6.68. The van der Waals surface area contributed by atoms with Gasteiger partial charge in [-0.25, -0.2) is 0 Å². The molecule has 1 rings (SSSR count). The van der Waals surface area contributed by atoms with E-state index in [4.69, 9.17) is 10.00 Å². The third-order valence-corrected chi connectivity index (χ3v) is 2.72. The molecule has 104 valence electrons. The molecule has 0 saturated heterocycles. The number of ether oxygens (including phenoxy) is 1. The van der Waals surface area contributed by atoms with Gasteiger partial charge in [-0.15, -0.1) is 0 Å². The maximum atomic E-state index is 9.04. The first-order valence-electron chi connectivity index (χ1n) is 6.68. The van der Waals surface area contributed by atoms with Crippen molar-refractivity contribution in [2.75, 3.05) is 13.6 Å². The van der Waals surface area contributed by atoms with Gasteiger partial charge >= 0.3 is 0 Å². The van der Waals surface area contributed by atoms with Crippen LogP contribution in [0.3, 0.4) is 0 Å². The van der Waals surface area contributed by atoms with Crippen LogP contribution >= 0.6 is 0 Å². The van der Waals surface area contributed by atoms with Gasteiger partial charge in [-0.3, -0.25) is 0 Å². The minimum Gasteiger partial charge on any atom is -0.491 e. The molecule has 3 heteroatoms. The van der Waals surface area contributed by atoms with Gasteiger partial charge < -0.3 is 9.64 Å². The third kappa shape index (κ3) is 5.76. The quantitative estimate of drug-likeness (QED) is 0.786. The summed E-state index contributed by atoms with van der Waals surface area (Å²) in [4.78, 5) is 2.17. The van der Waals surface area contributed by atoms with Crippen LogP contribution in [0.2, 0.25) is 0 Å². The number of benzene rings is 1. The first-order chi connectivity index (χ1) is 8.82. The monoisotopic (exact) mass is 260 g/mol. The van der Waals surface area contributed by atoms with Crippen molar-refractivity contribution in [3.63, 3.8) is 0 Å². The lowest BCUT2D eigenvalue weighted by Crippen LogP contribution is -2.29. The fraction of sp³-hybridized carbons (Fsp3) is 0.562. The molecule has 0 N–H and O–H groups in total. The summed E-state index contributed by atoms with van der Waals surface area (Å²) in [7, 11) is 2.04. The molecule has 0 fully saturated rings. The summed E-state index contributed by atoms with van der Waals surface area (Å²) < 4.78 is 5.62. The lowest BCUT2D eigenvalue weighted by molar-refractivity contribution is 0.240. The third-order valence-electron chi connectivity index (χ3n) is 2.72. The van der Waals surface area contributed by atoms with Gasteiger partial charge in [0.25, 0.3) is 0 Å². The van der Waals surface area contributed by atoms with E-state index in [2.05, 4.69) is 23.1 Å². The van der Waals surface area contributed by atoms with E-state index in [1.165, 1.54) is 5.56 Å². The molecule has 0 aliphatic carbocycles. The Morgan fingerprint density at radius 3 is 2.32 bits per heavy atom. The van der Waals surface area contributed by atoms with Crippen LogP contribution in [-0.2, 0) is 6.54 Å². The van der Waals surface area contributed by atoms with Crippen molar-refractivity contribution >= 4 is 0 Å². The fourth-order valence-corrected chi connectivity index (χ4v) is 2.02. The summed E-state index contributed by atoms with van der Waals surface area (Å²) in [5, 5.41) is 9.04. The summed E-state index contributed by atoms with van der Waals surface area (Å²) in [5.41, 5.74) is 0.919. The molecule has 0 amide bonds. The normalized spacial score (nSPS) is 11.7. The molecule has 1 aromatic carbocycles. The second kappa shape index (κ2) is 6.58. The van der Waals surface area contributed by atoms with Crippen LogP contribution in [0.1, 0.15) is 33.3 Å². The van der Waals surface area contributed by atoms with Crippen LogP contribution in [0.15, 0.2) is 24.3 Å². The smallest absolute Gasteiger partial charge is 0.119 e. The van der Waals surface area contributed by atoms with Crippen molar-refractivity contribution in [2.24, 2.45) is 5.41 Å². The fourth-order valence-electron chi connectivity index (χ4n) is 2.02. The minimum atomic E-state index is -0.310. The topological polar surface area (TPSA) is 36.3 Å². The Hall–Kier alpha value is -1.53. The van der Waals surface area contributed by atoms with Crippen LogP contribution in [0, 0.1) is 16.7 Å². The maximum Gasteiger partial charge on any atom is 0.119 e. The van der Waals surface area contributed by atoms with E-state index >= 15 is 0 Å². The highest BCUT2D eigenvalue weighted by molar-refractivity contribution is 5.27. The van der Waals surface area contributed by atoms with Gasteiger partial charge in [0, 0.05) is 13.1 Å². The highest BCUT2D eigenvalue weighted by Crippen LogP contribution is 2.18. The molecule has 0 aliphatic heterocycles. The van der Waals surface area contributed by atoms with Gasteiger partial charge in [0.2, 0.25) is 0 Å². The average molecular weight is 260 g/mol. The lowest BCUT2D eigenvalue weighted by atomic mass is 9.95. The summed E-state index contributed by atoms with van der Waals surface area (Å²) >= 11 is 0. The van der Waals surface area contributed by atoms with Crippen molar-refractivity contribution in [3.05, 3.63) is 29.8 Å². The second-order valence-corrected chi connectivity index (χ2v) is 5.98. The second-order valence-electron chi connectivity index (χ2n) is 5.98. The van der Waals surface area contributed by atoms with Crippen LogP contribution in [0.25, 0.3) is 0 Å². The molecule has 0 atom stereocenters. The summed E-state index contributed by atoms with van der Waals surface area (Å²) in [5.74, 6) is 0.902. The maximum absolute atomic E-state index is 9.04. The number of hydrogen-bond donors (Lipinski definition) is 0. The van der Waals surface area contributed by atoms with Crippen molar-refractivity contribution in [2.45, 2.75) is 40.3 Å². The Labute approximate surface area is 116 Å². The van der Waals surface area contributed by atoms with Crippen molar-refractivity contribution in [1.82, 2.24) is 4.90 Å². The van der Waals surface area contributed by atoms with E-state index in [1.54, 1.807) is 0 Å². The van der Waals surface area contributed by atoms with Gasteiger partial charge in [-0.2, -0.15) is 5.26 Å². The largest absolute Gasteiger partial charge is 0.491 e. The molecule has 19 heavy (non-hydrogen) atoms. The SMILES string of the molecule is CC(C)Oc1ccc(CN(C)CC(C)(C)C#N)cc1. The van der Waals surface area contributed by atoms with Gasteiger partial charge in [0.15, 0.2) is 0 Å². The molecular weight excluding hydrogens is 236 g/mol. The number of hydrogen-bond acceptors (Lipinski definition) is 3. The van der Waals surface area contributed by atoms with Crippen LogP contribution in [0.4, 0.5) is 0 Å². The van der Waals surface area contributed by atoms with Crippen LogP contribution in [-0.4, -0.2) is 24.6 Å². The van der Waals surface area contributed by atoms with Crippen LogP contribution < -0.4 is 4.74 Å². The number of rotatable bonds is 6. The van der Waals surface area contributed by atoms with Crippen LogP contribution in [0.5, 0.6) is 5.75 Å². The van der Waals surface area contributed by atoms with Gasteiger partial charge in [-0.1, -0.05) is 12.1 Å². The van der Waals surface area contributed by atoms with E-state index in [0.29, 0.717) is 0 Å². The summed E-state index contributed by atoms with van der Waals surface area (Å²) in [6.07, 6.45) is 0.199. The Morgan fingerprint density at radius 2 is 1.84 bits per heavy atom. The van der Waals surface area contributed by atoms with E-state index in [9.17, 15) is 0 Å². The molecule has 0 unspecified atom stereocenters. The van der Waals surface area contributed by atoms with Gasteiger partial charge in [0.05, 0.1) is 17.6 Å². The summed E-state index contributed by atoms with van der Waals surface area (Å²) in [6.45, 7) is 9.56. The number of nitrogens with zero attached hydrogens (tertiary/aromatic N) is 2. The Bertz CT molecular complexity index is 429. The zero-order valence-electron chi connectivity index (χ0n) is 12.6. The lowest BCUT2D eigenvalue weighted by Gasteiger charge is -2.24. The predicted molar refractivity (Wildman–Crippen MR) is 77.9 cm³/mol. The molecule has 0 aliphatic rings. The molecular formula is C16H24N2O. The Kier molecular flexibility index (Phi) is 5.38. The molecule has 0 spiro atoms. The van der Waals surface area contributed by atoms with Gasteiger partial charge in [-0.05, 0) is 52.4 Å².